The normalized spacial score (nSPS) is 11.8. The van der Waals surface area contributed by atoms with Crippen LogP contribution in [0.2, 0.25) is 0 Å². The number of benzene rings is 1. The summed E-state index contributed by atoms with van der Waals surface area (Å²) in [6, 6.07) is 3.51. The van der Waals surface area contributed by atoms with Crippen molar-refractivity contribution in [3.8, 4) is 0 Å². The third kappa shape index (κ3) is 3.07. The molecule has 0 aliphatic rings. The number of nitrogens with two attached hydrogens (primary N) is 1. The lowest BCUT2D eigenvalue weighted by Gasteiger charge is -2.11. The molecule has 0 aliphatic carbocycles. The van der Waals surface area contributed by atoms with Gasteiger partial charge in [-0.2, -0.15) is 18.3 Å². The molecule has 0 atom stereocenters. The Morgan fingerprint density at radius 2 is 2.11 bits per heavy atom. The van der Waals surface area contributed by atoms with Crippen molar-refractivity contribution in [1.82, 2.24) is 14.8 Å². The molecule has 0 bridgehead atoms. The van der Waals surface area contributed by atoms with E-state index in [9.17, 15) is 13.2 Å². The molecule has 1 aromatic heterocycles. The monoisotopic (exact) mass is 288 g/mol. The van der Waals surface area contributed by atoms with Gasteiger partial charge < -0.3 is 5.73 Å². The molecule has 102 valence electrons. The Morgan fingerprint density at radius 1 is 1.37 bits per heavy atom. The van der Waals surface area contributed by atoms with Gasteiger partial charge in [0, 0.05) is 18.5 Å². The number of halogens is 3. The average Bonchev–Trinajstić information content (AvgIpc) is 2.74. The number of alkyl halides is 3. The van der Waals surface area contributed by atoms with Gasteiger partial charge in [-0.05, 0) is 35.5 Å². The first-order valence-corrected chi connectivity index (χ1v) is 6.15. The summed E-state index contributed by atoms with van der Waals surface area (Å²) in [5.41, 5.74) is 5.24. The van der Waals surface area contributed by atoms with E-state index in [0.717, 1.165) is 12.1 Å². The average molecular weight is 288 g/mol. The van der Waals surface area contributed by atoms with Gasteiger partial charge in [-0.25, -0.2) is 9.67 Å². The van der Waals surface area contributed by atoms with Crippen molar-refractivity contribution in [1.29, 1.82) is 0 Å². The summed E-state index contributed by atoms with van der Waals surface area (Å²) in [5, 5.41) is 4.49. The third-order valence-electron chi connectivity index (χ3n) is 2.48. The molecule has 2 rings (SSSR count). The van der Waals surface area contributed by atoms with Crippen molar-refractivity contribution >= 4 is 11.8 Å². The zero-order valence-corrected chi connectivity index (χ0v) is 10.8. The van der Waals surface area contributed by atoms with E-state index >= 15 is 0 Å². The number of aryl methyl sites for hydroxylation is 1. The highest BCUT2D eigenvalue weighted by atomic mass is 32.2. The zero-order chi connectivity index (χ0) is 14.0. The third-order valence-corrected chi connectivity index (χ3v) is 3.65. The Labute approximate surface area is 111 Å². The first-order valence-electron chi connectivity index (χ1n) is 5.34. The van der Waals surface area contributed by atoms with Gasteiger partial charge in [0.25, 0.3) is 0 Å². The number of hydrogen-bond acceptors (Lipinski definition) is 4. The van der Waals surface area contributed by atoms with E-state index in [4.69, 9.17) is 5.73 Å². The minimum atomic E-state index is -4.36. The molecule has 0 amide bonds. The van der Waals surface area contributed by atoms with Crippen molar-refractivity contribution in [2.45, 2.75) is 22.8 Å². The molecule has 1 aromatic carbocycles. The molecule has 19 heavy (non-hydrogen) atoms. The van der Waals surface area contributed by atoms with Gasteiger partial charge in [-0.1, -0.05) is 0 Å². The van der Waals surface area contributed by atoms with Crippen molar-refractivity contribution < 1.29 is 13.2 Å². The van der Waals surface area contributed by atoms with Crippen LogP contribution in [0, 0.1) is 0 Å². The molecule has 0 radical (unpaired) electrons. The van der Waals surface area contributed by atoms with E-state index in [2.05, 4.69) is 10.1 Å². The SMILES string of the molecule is Cn1ncnc1Sc1ccc(C(F)(F)F)cc1CN. The number of nitrogens with zero attached hydrogens (tertiary/aromatic N) is 3. The van der Waals surface area contributed by atoms with Crippen LogP contribution in [-0.2, 0) is 19.8 Å². The molecule has 0 fully saturated rings. The predicted octanol–water partition coefficient (Wildman–Crippen LogP) is 2.44. The highest BCUT2D eigenvalue weighted by Gasteiger charge is 2.30. The molecular weight excluding hydrogens is 277 g/mol. The molecule has 4 nitrogen and oxygen atoms in total. The quantitative estimate of drug-likeness (QED) is 0.942. The molecule has 8 heteroatoms. The van der Waals surface area contributed by atoms with Crippen LogP contribution < -0.4 is 5.73 Å². The second-order valence-corrected chi connectivity index (χ2v) is 4.80. The summed E-state index contributed by atoms with van der Waals surface area (Å²) < 4.78 is 39.4. The van der Waals surface area contributed by atoms with E-state index in [1.807, 2.05) is 0 Å². The molecule has 0 saturated heterocycles. The van der Waals surface area contributed by atoms with Gasteiger partial charge in [-0.3, -0.25) is 0 Å². The van der Waals surface area contributed by atoms with Crippen molar-refractivity contribution in [2.75, 3.05) is 0 Å². The lowest BCUT2D eigenvalue weighted by Crippen LogP contribution is -2.08. The smallest absolute Gasteiger partial charge is 0.326 e. The molecule has 0 spiro atoms. The van der Waals surface area contributed by atoms with Gasteiger partial charge in [0.05, 0.1) is 5.56 Å². The maximum absolute atomic E-state index is 12.6. The van der Waals surface area contributed by atoms with Crippen LogP contribution >= 0.6 is 11.8 Å². The van der Waals surface area contributed by atoms with Gasteiger partial charge in [0.2, 0.25) is 0 Å². The van der Waals surface area contributed by atoms with Crippen LogP contribution in [0.1, 0.15) is 11.1 Å². The molecule has 0 aliphatic heterocycles. The van der Waals surface area contributed by atoms with Crippen molar-refractivity contribution in [3.63, 3.8) is 0 Å². The summed E-state index contributed by atoms with van der Waals surface area (Å²) in [4.78, 5) is 4.65. The van der Waals surface area contributed by atoms with Crippen LogP contribution in [0.15, 0.2) is 34.6 Å². The number of aromatic nitrogens is 3. The second kappa shape index (κ2) is 5.22. The highest BCUT2D eigenvalue weighted by molar-refractivity contribution is 7.99. The van der Waals surface area contributed by atoms with Crippen LogP contribution in [0.4, 0.5) is 13.2 Å². The van der Waals surface area contributed by atoms with Crippen LogP contribution in [0.5, 0.6) is 0 Å². The Balaban J connectivity index is 2.34. The van der Waals surface area contributed by atoms with Gasteiger partial charge >= 0.3 is 6.18 Å². The van der Waals surface area contributed by atoms with Crippen molar-refractivity contribution in [2.24, 2.45) is 12.8 Å². The van der Waals surface area contributed by atoms with Crippen LogP contribution in [0.25, 0.3) is 0 Å². The minimum absolute atomic E-state index is 0.0318. The molecule has 0 saturated carbocycles. The van der Waals surface area contributed by atoms with E-state index in [1.54, 1.807) is 11.7 Å². The number of hydrogen-bond donors (Lipinski definition) is 1. The number of rotatable bonds is 3. The fraction of sp³-hybridized carbons (Fsp3) is 0.273. The van der Waals surface area contributed by atoms with Crippen LogP contribution in [0.3, 0.4) is 0 Å². The highest BCUT2D eigenvalue weighted by Crippen LogP contribution is 2.34. The maximum Gasteiger partial charge on any atom is 0.416 e. The van der Waals surface area contributed by atoms with E-state index < -0.39 is 11.7 Å². The first kappa shape index (κ1) is 13.9. The Kier molecular flexibility index (Phi) is 3.81. The summed E-state index contributed by atoms with van der Waals surface area (Å²) in [5.74, 6) is 0. The minimum Gasteiger partial charge on any atom is -0.326 e. The lowest BCUT2D eigenvalue weighted by atomic mass is 10.1. The molecular formula is C11H11F3N4S. The topological polar surface area (TPSA) is 56.7 Å². The van der Waals surface area contributed by atoms with Gasteiger partial charge in [0.15, 0.2) is 5.16 Å². The molecule has 2 aromatic rings. The summed E-state index contributed by atoms with van der Waals surface area (Å²) in [6.07, 6.45) is -2.98. The summed E-state index contributed by atoms with van der Waals surface area (Å²) in [7, 11) is 1.71. The Hall–Kier alpha value is -1.54. The first-order chi connectivity index (χ1) is 8.91. The van der Waals surface area contributed by atoms with E-state index in [-0.39, 0.29) is 6.54 Å². The Bertz CT molecular complexity index is 580. The largest absolute Gasteiger partial charge is 0.416 e. The van der Waals surface area contributed by atoms with Gasteiger partial charge in [-0.15, -0.1) is 0 Å². The summed E-state index contributed by atoms with van der Waals surface area (Å²) in [6.45, 7) is 0.0318. The fourth-order valence-corrected chi connectivity index (χ4v) is 2.38. The molecule has 1 heterocycles. The fourth-order valence-electron chi connectivity index (χ4n) is 1.49. The maximum atomic E-state index is 12.6. The summed E-state index contributed by atoms with van der Waals surface area (Å²) >= 11 is 1.23. The molecule has 2 N–H and O–H groups in total. The standard InChI is InChI=1S/C11H11F3N4S/c1-18-10(16-6-17-18)19-9-3-2-8(11(12,13)14)4-7(9)5-15/h2-4,6H,5,15H2,1H3. The molecule has 0 unspecified atom stereocenters. The zero-order valence-electron chi connectivity index (χ0n) is 9.98. The Morgan fingerprint density at radius 3 is 2.63 bits per heavy atom. The van der Waals surface area contributed by atoms with Gasteiger partial charge in [0.1, 0.15) is 6.33 Å². The van der Waals surface area contributed by atoms with E-state index in [1.165, 1.54) is 24.2 Å². The lowest BCUT2D eigenvalue weighted by molar-refractivity contribution is -0.137. The van der Waals surface area contributed by atoms with E-state index in [0.29, 0.717) is 15.6 Å². The van der Waals surface area contributed by atoms with Crippen molar-refractivity contribution in [3.05, 3.63) is 35.7 Å². The predicted molar refractivity (Wildman–Crippen MR) is 64.5 cm³/mol. The second-order valence-electron chi connectivity index (χ2n) is 3.79. The van der Waals surface area contributed by atoms with Crippen LogP contribution in [-0.4, -0.2) is 14.8 Å².